The van der Waals surface area contributed by atoms with Crippen molar-refractivity contribution < 1.29 is 19.0 Å². The molecule has 4 rings (SSSR count). The maximum Gasteiger partial charge on any atom is 0.262 e. The van der Waals surface area contributed by atoms with E-state index in [0.29, 0.717) is 22.9 Å². The van der Waals surface area contributed by atoms with E-state index in [4.69, 9.17) is 14.2 Å². The minimum Gasteiger partial charge on any atom is -0.493 e. The van der Waals surface area contributed by atoms with Gasteiger partial charge in [-0.25, -0.2) is 4.68 Å². The van der Waals surface area contributed by atoms with Crippen molar-refractivity contribution in [3.8, 4) is 28.5 Å². The molecule has 1 aromatic heterocycles. The standard InChI is InChI=1S/C21H20N4O4S/c1-22-21-25(23-10-14-5-4-6-18(27-2)20(14)28-3)16(12-30-21)13-7-8-17-15(9-13)24-19(26)11-29-17/h4-10,12H,11H2,1-3H3,(H,24,26). The summed E-state index contributed by atoms with van der Waals surface area (Å²) in [7, 11) is 4.90. The van der Waals surface area contributed by atoms with Gasteiger partial charge in [0.25, 0.3) is 5.91 Å². The molecule has 9 heteroatoms. The Morgan fingerprint density at radius 2 is 2.10 bits per heavy atom. The largest absolute Gasteiger partial charge is 0.493 e. The highest BCUT2D eigenvalue weighted by Crippen LogP contribution is 2.33. The van der Waals surface area contributed by atoms with Crippen LogP contribution in [-0.2, 0) is 4.79 Å². The average Bonchev–Trinajstić information content (AvgIpc) is 3.19. The van der Waals surface area contributed by atoms with Gasteiger partial charge in [-0.1, -0.05) is 6.07 Å². The molecule has 154 valence electrons. The second-order valence-electron chi connectivity index (χ2n) is 6.31. The summed E-state index contributed by atoms with van der Waals surface area (Å²) in [6.07, 6.45) is 1.70. The van der Waals surface area contributed by atoms with Crippen LogP contribution in [0, 0.1) is 0 Å². The summed E-state index contributed by atoms with van der Waals surface area (Å²) in [5.74, 6) is 1.70. The van der Waals surface area contributed by atoms with Crippen LogP contribution in [-0.4, -0.2) is 44.7 Å². The van der Waals surface area contributed by atoms with Crippen molar-refractivity contribution in [1.82, 2.24) is 4.68 Å². The lowest BCUT2D eigenvalue weighted by Crippen LogP contribution is -2.25. The lowest BCUT2D eigenvalue weighted by Gasteiger charge is -2.18. The van der Waals surface area contributed by atoms with Crippen LogP contribution in [0.4, 0.5) is 5.69 Å². The van der Waals surface area contributed by atoms with E-state index in [-0.39, 0.29) is 12.5 Å². The number of carbonyl (C=O) groups excluding carboxylic acids is 1. The van der Waals surface area contributed by atoms with Crippen LogP contribution < -0.4 is 24.3 Å². The predicted octanol–water partition coefficient (Wildman–Crippen LogP) is 2.98. The first-order valence-corrected chi connectivity index (χ1v) is 9.98. The molecule has 0 radical (unpaired) electrons. The molecule has 3 aromatic rings. The van der Waals surface area contributed by atoms with Crippen molar-refractivity contribution in [2.45, 2.75) is 0 Å². The summed E-state index contributed by atoms with van der Waals surface area (Å²) in [4.78, 5) is 16.7. The van der Waals surface area contributed by atoms with Crippen molar-refractivity contribution in [2.75, 3.05) is 33.2 Å². The molecule has 30 heavy (non-hydrogen) atoms. The van der Waals surface area contributed by atoms with Gasteiger partial charge >= 0.3 is 0 Å². The summed E-state index contributed by atoms with van der Waals surface area (Å²) >= 11 is 1.47. The molecule has 0 fully saturated rings. The minimum atomic E-state index is -0.176. The number of hydrogen-bond acceptors (Lipinski definition) is 7. The Kier molecular flexibility index (Phi) is 5.53. The summed E-state index contributed by atoms with van der Waals surface area (Å²) in [5.41, 5.74) is 3.12. The number of hydrogen-bond donors (Lipinski definition) is 1. The topological polar surface area (TPSA) is 86.4 Å². The van der Waals surface area contributed by atoms with Crippen molar-refractivity contribution in [3.63, 3.8) is 0 Å². The van der Waals surface area contributed by atoms with E-state index < -0.39 is 0 Å². The molecule has 2 aromatic carbocycles. The Labute approximate surface area is 177 Å². The Balaban J connectivity index is 1.77. The van der Waals surface area contributed by atoms with Crippen LogP contribution in [0.5, 0.6) is 17.2 Å². The van der Waals surface area contributed by atoms with Gasteiger partial charge in [-0.3, -0.25) is 9.79 Å². The number of rotatable bonds is 5. The number of thiazole rings is 1. The Hall–Kier alpha value is -3.59. The maximum atomic E-state index is 11.7. The second kappa shape index (κ2) is 8.42. The lowest BCUT2D eigenvalue weighted by molar-refractivity contribution is -0.118. The molecular formula is C21H20N4O4S. The van der Waals surface area contributed by atoms with Crippen LogP contribution in [0.2, 0.25) is 0 Å². The molecule has 1 N–H and O–H groups in total. The molecule has 0 atom stereocenters. The Morgan fingerprint density at radius 1 is 1.23 bits per heavy atom. The molecule has 0 saturated heterocycles. The van der Waals surface area contributed by atoms with Gasteiger partial charge in [-0.05, 0) is 30.3 Å². The average molecular weight is 424 g/mol. The number of anilines is 1. The van der Waals surface area contributed by atoms with E-state index in [1.54, 1.807) is 32.2 Å². The third-order valence-electron chi connectivity index (χ3n) is 4.53. The molecule has 2 heterocycles. The minimum absolute atomic E-state index is 0.0241. The fourth-order valence-corrected chi connectivity index (χ4v) is 3.94. The normalized spacial score (nSPS) is 13.7. The number of aromatic nitrogens is 1. The molecular weight excluding hydrogens is 404 g/mol. The number of fused-ring (bicyclic) bond motifs is 1. The fraction of sp³-hybridized carbons (Fsp3) is 0.190. The number of ether oxygens (including phenoxy) is 3. The van der Waals surface area contributed by atoms with E-state index in [1.165, 1.54) is 11.3 Å². The van der Waals surface area contributed by atoms with Gasteiger partial charge in [0.2, 0.25) is 4.80 Å². The number of para-hydroxylation sites is 1. The summed E-state index contributed by atoms with van der Waals surface area (Å²) in [5, 5.41) is 9.45. The highest BCUT2D eigenvalue weighted by atomic mass is 32.1. The van der Waals surface area contributed by atoms with Gasteiger partial charge in [-0.2, -0.15) is 5.10 Å². The molecule has 1 aliphatic rings. The van der Waals surface area contributed by atoms with Crippen LogP contribution in [0.1, 0.15) is 5.56 Å². The van der Waals surface area contributed by atoms with E-state index in [1.807, 2.05) is 41.8 Å². The van der Waals surface area contributed by atoms with Crippen LogP contribution in [0.3, 0.4) is 0 Å². The Morgan fingerprint density at radius 3 is 2.87 bits per heavy atom. The van der Waals surface area contributed by atoms with Crippen molar-refractivity contribution >= 4 is 29.1 Å². The smallest absolute Gasteiger partial charge is 0.262 e. The van der Waals surface area contributed by atoms with Crippen molar-refractivity contribution in [1.29, 1.82) is 0 Å². The third-order valence-corrected chi connectivity index (χ3v) is 5.44. The predicted molar refractivity (Wildman–Crippen MR) is 116 cm³/mol. The molecule has 1 aliphatic heterocycles. The molecule has 1 amide bonds. The van der Waals surface area contributed by atoms with Gasteiger partial charge in [0.1, 0.15) is 5.75 Å². The molecule has 0 spiro atoms. The SMILES string of the molecule is CN=c1scc(-c2ccc3c(c2)NC(=O)CO3)n1N=Cc1cccc(OC)c1OC. The highest BCUT2D eigenvalue weighted by molar-refractivity contribution is 7.07. The van der Waals surface area contributed by atoms with Gasteiger partial charge in [0, 0.05) is 23.6 Å². The first-order valence-electron chi connectivity index (χ1n) is 9.10. The van der Waals surface area contributed by atoms with E-state index in [9.17, 15) is 4.79 Å². The summed E-state index contributed by atoms with van der Waals surface area (Å²) < 4.78 is 18.0. The van der Waals surface area contributed by atoms with Gasteiger partial charge in [0.05, 0.1) is 31.8 Å². The summed E-state index contributed by atoms with van der Waals surface area (Å²) in [6.45, 7) is 0.0241. The summed E-state index contributed by atoms with van der Waals surface area (Å²) in [6, 6.07) is 11.2. The first kappa shape index (κ1) is 19.7. The quantitative estimate of drug-likeness (QED) is 0.638. The van der Waals surface area contributed by atoms with Crippen LogP contribution in [0.15, 0.2) is 51.9 Å². The van der Waals surface area contributed by atoms with Gasteiger partial charge in [-0.15, -0.1) is 11.3 Å². The molecule has 8 nitrogen and oxygen atoms in total. The third kappa shape index (κ3) is 3.67. The van der Waals surface area contributed by atoms with Crippen LogP contribution in [0.25, 0.3) is 11.3 Å². The molecule has 0 aliphatic carbocycles. The Bertz CT molecular complexity index is 1200. The maximum absolute atomic E-state index is 11.7. The molecule has 0 saturated carbocycles. The fourth-order valence-electron chi connectivity index (χ4n) is 3.14. The first-order chi connectivity index (χ1) is 14.6. The molecule has 0 unspecified atom stereocenters. The van der Waals surface area contributed by atoms with E-state index in [2.05, 4.69) is 15.4 Å². The zero-order chi connectivity index (χ0) is 21.1. The zero-order valence-electron chi connectivity index (χ0n) is 16.7. The number of benzene rings is 2. The monoisotopic (exact) mass is 424 g/mol. The van der Waals surface area contributed by atoms with E-state index >= 15 is 0 Å². The molecule has 0 bridgehead atoms. The van der Waals surface area contributed by atoms with Gasteiger partial charge < -0.3 is 19.5 Å². The highest BCUT2D eigenvalue weighted by Gasteiger charge is 2.18. The number of carbonyl (C=O) groups is 1. The lowest BCUT2D eigenvalue weighted by atomic mass is 10.1. The van der Waals surface area contributed by atoms with Gasteiger partial charge in [0.15, 0.2) is 18.1 Å². The second-order valence-corrected chi connectivity index (χ2v) is 7.15. The number of nitrogens with one attached hydrogen (secondary N) is 1. The number of amides is 1. The van der Waals surface area contributed by atoms with Crippen molar-refractivity contribution in [2.24, 2.45) is 10.1 Å². The zero-order valence-corrected chi connectivity index (χ0v) is 17.5. The van der Waals surface area contributed by atoms with Crippen molar-refractivity contribution in [3.05, 3.63) is 52.1 Å². The van der Waals surface area contributed by atoms with E-state index in [0.717, 1.165) is 21.6 Å². The number of nitrogens with zero attached hydrogens (tertiary/aromatic N) is 3. The number of methoxy groups -OCH3 is 2. The van der Waals surface area contributed by atoms with Crippen LogP contribution >= 0.6 is 11.3 Å².